The summed E-state index contributed by atoms with van der Waals surface area (Å²) in [5.41, 5.74) is 0.872. The van der Waals surface area contributed by atoms with Gasteiger partial charge in [-0.2, -0.15) is 4.31 Å². The third kappa shape index (κ3) is 4.55. The van der Waals surface area contributed by atoms with E-state index in [1.807, 2.05) is 37.3 Å². The first-order valence-electron chi connectivity index (χ1n) is 10.8. The number of carbonyl (C=O) groups is 1. The minimum atomic E-state index is -3.66. The summed E-state index contributed by atoms with van der Waals surface area (Å²) in [7, 11) is -3.66. The van der Waals surface area contributed by atoms with Gasteiger partial charge in [-0.25, -0.2) is 8.42 Å². The summed E-state index contributed by atoms with van der Waals surface area (Å²) in [6, 6.07) is 14.4. The summed E-state index contributed by atoms with van der Waals surface area (Å²) in [5, 5.41) is 0. The lowest BCUT2D eigenvalue weighted by molar-refractivity contribution is -0.123. The average molecular weight is 445 g/mol. The van der Waals surface area contributed by atoms with Crippen LogP contribution >= 0.6 is 0 Å². The van der Waals surface area contributed by atoms with Gasteiger partial charge in [0.1, 0.15) is 0 Å². The average Bonchev–Trinajstić information content (AvgIpc) is 3.05. The van der Waals surface area contributed by atoms with Gasteiger partial charge in [-0.3, -0.25) is 4.79 Å². The molecule has 2 aliphatic rings. The fourth-order valence-corrected chi connectivity index (χ4v) is 5.58. The Morgan fingerprint density at radius 3 is 2.39 bits per heavy atom. The molecule has 0 atom stereocenters. The molecule has 2 heterocycles. The minimum absolute atomic E-state index is 0.0568. The molecule has 2 aromatic carbocycles. The Labute approximate surface area is 183 Å². The molecule has 0 saturated carbocycles. The third-order valence-corrected chi connectivity index (χ3v) is 7.70. The van der Waals surface area contributed by atoms with E-state index >= 15 is 0 Å². The summed E-state index contributed by atoms with van der Waals surface area (Å²) in [5.74, 6) is 0.906. The molecule has 2 aliphatic heterocycles. The van der Waals surface area contributed by atoms with Crippen molar-refractivity contribution >= 4 is 21.6 Å². The lowest BCUT2D eigenvalue weighted by atomic mass is 9.96. The number of para-hydroxylation sites is 1. The molecule has 0 unspecified atom stereocenters. The SMILES string of the molecule is CCN(C(=O)C1CCN(S(=O)(=O)c2ccc3c(c2)OCCCO3)CC1)c1ccccc1. The van der Waals surface area contributed by atoms with Crippen molar-refractivity contribution < 1.29 is 22.7 Å². The molecule has 31 heavy (non-hydrogen) atoms. The summed E-state index contributed by atoms with van der Waals surface area (Å²) < 4.78 is 39.1. The Bertz CT molecular complexity index is 1020. The number of ether oxygens (including phenoxy) is 2. The summed E-state index contributed by atoms with van der Waals surface area (Å²) in [4.78, 5) is 15.0. The quantitative estimate of drug-likeness (QED) is 0.707. The first-order valence-corrected chi connectivity index (χ1v) is 12.2. The maximum absolute atomic E-state index is 13.2. The zero-order valence-electron chi connectivity index (χ0n) is 17.7. The molecule has 2 aromatic rings. The van der Waals surface area contributed by atoms with Crippen LogP contribution in [-0.2, 0) is 14.8 Å². The van der Waals surface area contributed by atoms with Crippen LogP contribution in [0.25, 0.3) is 0 Å². The minimum Gasteiger partial charge on any atom is -0.490 e. The van der Waals surface area contributed by atoms with E-state index in [-0.39, 0.29) is 16.7 Å². The van der Waals surface area contributed by atoms with Gasteiger partial charge in [-0.15, -0.1) is 0 Å². The Hall–Kier alpha value is -2.58. The number of nitrogens with zero attached hydrogens (tertiary/aromatic N) is 2. The fraction of sp³-hybridized carbons (Fsp3) is 0.435. The molecule has 7 nitrogen and oxygen atoms in total. The molecule has 8 heteroatoms. The molecular weight excluding hydrogens is 416 g/mol. The number of sulfonamides is 1. The highest BCUT2D eigenvalue weighted by molar-refractivity contribution is 7.89. The van der Waals surface area contributed by atoms with Gasteiger partial charge < -0.3 is 14.4 Å². The zero-order valence-corrected chi connectivity index (χ0v) is 18.5. The number of piperidine rings is 1. The molecule has 4 rings (SSSR count). The number of fused-ring (bicyclic) bond motifs is 1. The van der Waals surface area contributed by atoms with Crippen LogP contribution < -0.4 is 14.4 Å². The number of hydrogen-bond acceptors (Lipinski definition) is 5. The molecule has 0 aromatic heterocycles. The molecule has 0 N–H and O–H groups in total. The second-order valence-corrected chi connectivity index (χ2v) is 9.69. The third-order valence-electron chi connectivity index (χ3n) is 5.81. The van der Waals surface area contributed by atoms with Crippen LogP contribution in [0, 0.1) is 5.92 Å². The summed E-state index contributed by atoms with van der Waals surface area (Å²) in [6.07, 6.45) is 1.77. The van der Waals surface area contributed by atoms with E-state index in [1.54, 1.807) is 23.1 Å². The van der Waals surface area contributed by atoms with Crippen LogP contribution in [0.4, 0.5) is 5.69 Å². The number of benzene rings is 2. The van der Waals surface area contributed by atoms with Gasteiger partial charge in [0.05, 0.1) is 18.1 Å². The predicted octanol–water partition coefficient (Wildman–Crippen LogP) is 3.30. The maximum atomic E-state index is 13.2. The van der Waals surface area contributed by atoms with E-state index in [1.165, 1.54) is 4.31 Å². The second kappa shape index (κ2) is 9.28. The standard InChI is InChI=1S/C23H28N2O5S/c1-2-25(19-7-4-3-5-8-19)23(26)18-11-13-24(14-12-18)31(27,28)20-9-10-21-22(17-20)30-16-6-15-29-21/h3-5,7-10,17-18H,2,6,11-16H2,1H3. The Kier molecular flexibility index (Phi) is 6.48. The highest BCUT2D eigenvalue weighted by atomic mass is 32.2. The monoisotopic (exact) mass is 444 g/mol. The van der Waals surface area contributed by atoms with Crippen LogP contribution in [0.5, 0.6) is 11.5 Å². The van der Waals surface area contributed by atoms with Gasteiger partial charge in [0.15, 0.2) is 11.5 Å². The molecule has 0 radical (unpaired) electrons. The lowest BCUT2D eigenvalue weighted by Crippen LogP contribution is -2.44. The van der Waals surface area contributed by atoms with Crippen molar-refractivity contribution in [3.8, 4) is 11.5 Å². The highest BCUT2D eigenvalue weighted by Gasteiger charge is 2.34. The van der Waals surface area contributed by atoms with E-state index < -0.39 is 10.0 Å². The number of hydrogen-bond donors (Lipinski definition) is 0. The van der Waals surface area contributed by atoms with Crippen LogP contribution in [0.1, 0.15) is 26.2 Å². The topological polar surface area (TPSA) is 76.2 Å². The second-order valence-electron chi connectivity index (χ2n) is 7.76. The van der Waals surface area contributed by atoms with Gasteiger partial charge >= 0.3 is 0 Å². The first kappa shape index (κ1) is 21.6. The predicted molar refractivity (Wildman–Crippen MR) is 118 cm³/mol. The van der Waals surface area contributed by atoms with Crippen molar-refractivity contribution in [3.63, 3.8) is 0 Å². The molecule has 0 bridgehead atoms. The van der Waals surface area contributed by atoms with Crippen LogP contribution in [-0.4, -0.2) is 51.5 Å². The van der Waals surface area contributed by atoms with Crippen molar-refractivity contribution in [2.24, 2.45) is 5.92 Å². The smallest absolute Gasteiger partial charge is 0.243 e. The lowest BCUT2D eigenvalue weighted by Gasteiger charge is -2.33. The normalized spacial score (nSPS) is 17.7. The molecule has 0 aliphatic carbocycles. The molecule has 166 valence electrons. The van der Waals surface area contributed by atoms with Crippen LogP contribution in [0.15, 0.2) is 53.4 Å². The number of carbonyl (C=O) groups excluding carboxylic acids is 1. The van der Waals surface area contributed by atoms with Crippen LogP contribution in [0.2, 0.25) is 0 Å². The molecular formula is C23H28N2O5S. The Morgan fingerprint density at radius 2 is 1.71 bits per heavy atom. The Morgan fingerprint density at radius 1 is 1.03 bits per heavy atom. The number of rotatable bonds is 5. The van der Waals surface area contributed by atoms with E-state index in [9.17, 15) is 13.2 Å². The largest absolute Gasteiger partial charge is 0.490 e. The first-order chi connectivity index (χ1) is 15.0. The van der Waals surface area contributed by atoms with Crippen molar-refractivity contribution in [1.82, 2.24) is 4.31 Å². The number of amides is 1. The van der Waals surface area contributed by atoms with Crippen molar-refractivity contribution in [2.75, 3.05) is 37.7 Å². The van der Waals surface area contributed by atoms with Crippen molar-refractivity contribution in [3.05, 3.63) is 48.5 Å². The van der Waals surface area contributed by atoms with E-state index in [2.05, 4.69) is 0 Å². The molecule has 1 saturated heterocycles. The van der Waals surface area contributed by atoms with E-state index in [0.717, 1.165) is 12.1 Å². The highest BCUT2D eigenvalue weighted by Crippen LogP contribution is 2.34. The van der Waals surface area contributed by atoms with E-state index in [0.29, 0.717) is 57.2 Å². The molecule has 1 amide bonds. The van der Waals surface area contributed by atoms with E-state index in [4.69, 9.17) is 9.47 Å². The molecule has 1 fully saturated rings. The van der Waals surface area contributed by atoms with Gasteiger partial charge in [-0.05, 0) is 44.0 Å². The Balaban J connectivity index is 1.44. The number of anilines is 1. The fourth-order valence-electron chi connectivity index (χ4n) is 4.09. The van der Waals surface area contributed by atoms with Gasteiger partial charge in [-0.1, -0.05) is 18.2 Å². The summed E-state index contributed by atoms with van der Waals surface area (Å²) in [6.45, 7) is 4.23. The van der Waals surface area contributed by atoms with Crippen LogP contribution in [0.3, 0.4) is 0 Å². The van der Waals surface area contributed by atoms with Crippen molar-refractivity contribution in [2.45, 2.75) is 31.1 Å². The van der Waals surface area contributed by atoms with Gasteiger partial charge in [0, 0.05) is 43.7 Å². The van der Waals surface area contributed by atoms with Gasteiger partial charge in [0.2, 0.25) is 15.9 Å². The van der Waals surface area contributed by atoms with Crippen molar-refractivity contribution in [1.29, 1.82) is 0 Å². The molecule has 0 spiro atoms. The zero-order chi connectivity index (χ0) is 21.8. The maximum Gasteiger partial charge on any atom is 0.243 e. The van der Waals surface area contributed by atoms with Gasteiger partial charge in [0.25, 0.3) is 0 Å². The summed E-state index contributed by atoms with van der Waals surface area (Å²) >= 11 is 0.